The third kappa shape index (κ3) is 25.2. The summed E-state index contributed by atoms with van der Waals surface area (Å²) in [7, 11) is 0. The van der Waals surface area contributed by atoms with E-state index >= 15 is 0 Å². The molecule has 0 unspecified atom stereocenters. The van der Waals surface area contributed by atoms with Gasteiger partial charge < -0.3 is 43.4 Å². The van der Waals surface area contributed by atoms with Crippen LogP contribution in [0.5, 0.6) is 0 Å². The monoisotopic (exact) mass is 748 g/mol. The highest BCUT2D eigenvalue weighted by molar-refractivity contribution is 6.26. The Morgan fingerprint density at radius 2 is 0.692 bits per heavy atom. The number of hydrogen-bond acceptors (Lipinski definition) is 14. The first kappa shape index (κ1) is 44.2. The standard InChI is InChI=1S/C22H22O9.C9H9ClO2.C4H6O5/c23-19(30-15-21(25)28-11-17-7-3-1-4-8-17)13-27-14-20(24)31-16-22(26)29-12-18-9-5-2-6-10-18;10-6-9(11)12-7-8-4-2-1-3-5-8;5-3(6)1-9-2-4(7)8/h1-10H,11-16H2;1-5H,6-7H2;1-2H2,(H,5,6)(H,7,8). The lowest BCUT2D eigenvalue weighted by molar-refractivity contribution is -0.166. The number of carbonyl (C=O) groups is 7. The molecule has 3 aromatic rings. The van der Waals surface area contributed by atoms with Crippen LogP contribution < -0.4 is 0 Å². The predicted octanol–water partition coefficient (Wildman–Crippen LogP) is 2.72. The van der Waals surface area contributed by atoms with E-state index in [0.29, 0.717) is 6.61 Å². The molecule has 0 aliphatic carbocycles. The van der Waals surface area contributed by atoms with Crippen LogP contribution in [0.2, 0.25) is 0 Å². The predicted molar refractivity (Wildman–Crippen MR) is 178 cm³/mol. The lowest BCUT2D eigenvalue weighted by Gasteiger charge is -2.08. The van der Waals surface area contributed by atoms with Gasteiger partial charge >= 0.3 is 41.8 Å². The first-order valence-electron chi connectivity index (χ1n) is 15.0. The summed E-state index contributed by atoms with van der Waals surface area (Å²) in [5.74, 6) is -5.96. The number of carboxylic acid groups (broad SMARTS) is 2. The van der Waals surface area contributed by atoms with Crippen molar-refractivity contribution < 1.29 is 76.9 Å². The normalized spacial score (nSPS) is 9.71. The molecule has 0 atom stereocenters. The highest BCUT2D eigenvalue weighted by atomic mass is 35.5. The van der Waals surface area contributed by atoms with Crippen molar-refractivity contribution in [2.24, 2.45) is 0 Å². The molecule has 17 heteroatoms. The molecule has 3 aromatic carbocycles. The number of esters is 5. The number of ether oxygens (including phenoxy) is 7. The number of alkyl halides is 1. The first-order chi connectivity index (χ1) is 25.0. The van der Waals surface area contributed by atoms with Gasteiger partial charge in [-0.3, -0.25) is 4.79 Å². The second-order valence-corrected chi connectivity index (χ2v) is 9.93. The van der Waals surface area contributed by atoms with E-state index in [1.807, 2.05) is 42.5 Å². The van der Waals surface area contributed by atoms with Gasteiger partial charge in [0.25, 0.3) is 0 Å². The first-order valence-corrected chi connectivity index (χ1v) is 15.6. The van der Waals surface area contributed by atoms with Gasteiger partial charge in [0.1, 0.15) is 52.1 Å². The SMILES string of the molecule is O=C(CCl)OCc1ccccc1.O=C(COCC(=O)OCC(=O)OCc1ccccc1)OCC(=O)OCc1ccccc1.O=C(O)COCC(=O)O. The number of aliphatic carboxylic acids is 2. The Balaban J connectivity index is 0.000000523. The average Bonchev–Trinajstić information content (AvgIpc) is 3.15. The molecule has 0 spiro atoms. The van der Waals surface area contributed by atoms with Gasteiger partial charge in [-0.15, -0.1) is 11.6 Å². The van der Waals surface area contributed by atoms with Crippen molar-refractivity contribution in [3.8, 4) is 0 Å². The quantitative estimate of drug-likeness (QED) is 0.102. The Morgan fingerprint density at radius 3 is 1.00 bits per heavy atom. The van der Waals surface area contributed by atoms with E-state index in [1.165, 1.54) is 0 Å². The Bertz CT molecular complexity index is 1430. The van der Waals surface area contributed by atoms with E-state index in [0.717, 1.165) is 16.7 Å². The largest absolute Gasteiger partial charge is 0.480 e. The summed E-state index contributed by atoms with van der Waals surface area (Å²) >= 11 is 5.24. The maximum atomic E-state index is 11.5. The van der Waals surface area contributed by atoms with Gasteiger partial charge in [0.2, 0.25) is 0 Å². The lowest BCUT2D eigenvalue weighted by atomic mass is 10.2. The summed E-state index contributed by atoms with van der Waals surface area (Å²) in [5.41, 5.74) is 2.57. The van der Waals surface area contributed by atoms with Crippen LogP contribution >= 0.6 is 11.6 Å². The van der Waals surface area contributed by atoms with Crippen LogP contribution in [-0.2, 0) is 86.5 Å². The Labute approximate surface area is 303 Å². The molecule has 0 fully saturated rings. The fourth-order valence-corrected chi connectivity index (χ4v) is 3.22. The molecule has 52 heavy (non-hydrogen) atoms. The molecule has 0 amide bonds. The van der Waals surface area contributed by atoms with Gasteiger partial charge in [0.05, 0.1) is 0 Å². The number of carbonyl (C=O) groups excluding carboxylic acids is 5. The molecule has 0 saturated carbocycles. The molecule has 0 saturated heterocycles. The second-order valence-electron chi connectivity index (χ2n) is 9.67. The van der Waals surface area contributed by atoms with Crippen molar-refractivity contribution in [2.45, 2.75) is 19.8 Å². The highest BCUT2D eigenvalue weighted by Gasteiger charge is 2.13. The summed E-state index contributed by atoms with van der Waals surface area (Å²) in [6.07, 6.45) is 0. The maximum absolute atomic E-state index is 11.5. The van der Waals surface area contributed by atoms with Crippen molar-refractivity contribution in [3.05, 3.63) is 108 Å². The number of carboxylic acids is 2. The van der Waals surface area contributed by atoms with Crippen molar-refractivity contribution in [2.75, 3.05) is 45.5 Å². The zero-order chi connectivity index (χ0) is 38.4. The fraction of sp³-hybridized carbons (Fsp3) is 0.286. The topological polar surface area (TPSA) is 225 Å². The van der Waals surface area contributed by atoms with Crippen molar-refractivity contribution in [1.82, 2.24) is 0 Å². The Morgan fingerprint density at radius 1 is 0.404 bits per heavy atom. The summed E-state index contributed by atoms with van der Waals surface area (Å²) in [6, 6.07) is 27.5. The zero-order valence-corrected chi connectivity index (χ0v) is 28.5. The molecule has 0 bridgehead atoms. The molecule has 0 aromatic heterocycles. The van der Waals surface area contributed by atoms with E-state index in [9.17, 15) is 33.6 Å². The minimum atomic E-state index is -1.17. The molecule has 3 rings (SSSR count). The van der Waals surface area contributed by atoms with E-state index in [4.69, 9.17) is 40.8 Å². The fourth-order valence-electron chi connectivity index (χ4n) is 3.14. The molecule has 0 aliphatic heterocycles. The number of benzene rings is 3. The van der Waals surface area contributed by atoms with E-state index in [2.05, 4.69) is 14.2 Å². The van der Waals surface area contributed by atoms with E-state index < -0.39 is 75.5 Å². The van der Waals surface area contributed by atoms with Crippen molar-refractivity contribution in [3.63, 3.8) is 0 Å². The van der Waals surface area contributed by atoms with Gasteiger partial charge in [-0.1, -0.05) is 91.0 Å². The number of halogens is 1. The molecule has 2 N–H and O–H groups in total. The Kier molecular flexibility index (Phi) is 23.7. The van der Waals surface area contributed by atoms with Gasteiger partial charge in [-0.25, -0.2) is 28.8 Å². The minimum absolute atomic E-state index is 0.0628. The van der Waals surface area contributed by atoms with E-state index in [1.54, 1.807) is 48.5 Å². The molecule has 0 radical (unpaired) electrons. The lowest BCUT2D eigenvalue weighted by Crippen LogP contribution is -2.23. The summed E-state index contributed by atoms with van der Waals surface area (Å²) < 4.78 is 33.1. The van der Waals surface area contributed by atoms with Gasteiger partial charge in [-0.05, 0) is 16.7 Å². The third-order valence-corrected chi connectivity index (χ3v) is 5.65. The van der Waals surface area contributed by atoms with Gasteiger partial charge in [0.15, 0.2) is 13.2 Å². The van der Waals surface area contributed by atoms with Crippen LogP contribution in [0.1, 0.15) is 16.7 Å². The maximum Gasteiger partial charge on any atom is 0.344 e. The van der Waals surface area contributed by atoms with E-state index in [-0.39, 0.29) is 25.1 Å². The smallest absolute Gasteiger partial charge is 0.344 e. The van der Waals surface area contributed by atoms with Crippen LogP contribution in [-0.4, -0.2) is 97.5 Å². The highest BCUT2D eigenvalue weighted by Crippen LogP contribution is 2.03. The summed E-state index contributed by atoms with van der Waals surface area (Å²) in [5, 5.41) is 15.8. The molecule has 0 heterocycles. The molecule has 0 aliphatic rings. The number of rotatable bonds is 19. The molecule has 16 nitrogen and oxygen atoms in total. The zero-order valence-electron chi connectivity index (χ0n) is 27.7. The van der Waals surface area contributed by atoms with Crippen molar-refractivity contribution >= 4 is 53.4 Å². The third-order valence-electron chi connectivity index (χ3n) is 5.43. The summed E-state index contributed by atoms with van der Waals surface area (Å²) in [4.78, 5) is 76.0. The molecular weight excluding hydrogens is 712 g/mol. The summed E-state index contributed by atoms with van der Waals surface area (Å²) in [6.45, 7) is -3.00. The Hall–Kier alpha value is -5.84. The molecular formula is C35H37ClO16. The minimum Gasteiger partial charge on any atom is -0.480 e. The second kappa shape index (κ2) is 27.9. The van der Waals surface area contributed by atoms with Gasteiger partial charge in [0, 0.05) is 0 Å². The molecule has 280 valence electrons. The van der Waals surface area contributed by atoms with Crippen LogP contribution in [0.15, 0.2) is 91.0 Å². The average molecular weight is 749 g/mol. The number of hydrogen-bond donors (Lipinski definition) is 2. The van der Waals surface area contributed by atoms with Crippen molar-refractivity contribution in [1.29, 1.82) is 0 Å². The van der Waals surface area contributed by atoms with Gasteiger partial charge in [-0.2, -0.15) is 0 Å². The van der Waals surface area contributed by atoms with Crippen LogP contribution in [0.3, 0.4) is 0 Å². The van der Waals surface area contributed by atoms with Crippen LogP contribution in [0, 0.1) is 0 Å². The van der Waals surface area contributed by atoms with Crippen LogP contribution in [0.4, 0.5) is 0 Å². The van der Waals surface area contributed by atoms with Crippen LogP contribution in [0.25, 0.3) is 0 Å².